The quantitative estimate of drug-likeness (QED) is 0.691. The summed E-state index contributed by atoms with van der Waals surface area (Å²) in [5.41, 5.74) is 0.430. The molecule has 1 aromatic heterocycles. The first-order chi connectivity index (χ1) is 8.59. The summed E-state index contributed by atoms with van der Waals surface area (Å²) in [5, 5.41) is 16.7. The Balaban J connectivity index is 2.31. The van der Waals surface area contributed by atoms with Crippen molar-refractivity contribution >= 4 is 40.2 Å². The maximum absolute atomic E-state index is 11.9. The lowest BCUT2D eigenvalue weighted by Gasteiger charge is -2.05. The molecule has 0 radical (unpaired) electrons. The molecule has 0 aliphatic carbocycles. The molecule has 0 saturated heterocycles. The predicted molar refractivity (Wildman–Crippen MR) is 70.4 cm³/mol. The van der Waals surface area contributed by atoms with Crippen LogP contribution in [0, 0.1) is 10.1 Å². The van der Waals surface area contributed by atoms with Gasteiger partial charge in [-0.25, -0.2) is 0 Å². The normalized spacial score (nSPS) is 10.1. The first-order valence-corrected chi connectivity index (χ1v) is 6.18. The Morgan fingerprint density at radius 1 is 1.39 bits per heavy atom. The third-order valence-electron chi connectivity index (χ3n) is 2.20. The summed E-state index contributed by atoms with van der Waals surface area (Å²) in [7, 11) is 0. The molecule has 18 heavy (non-hydrogen) atoms. The van der Waals surface area contributed by atoms with E-state index < -0.39 is 10.8 Å². The fourth-order valence-electron chi connectivity index (χ4n) is 1.37. The molecule has 1 aromatic carbocycles. The molecular weight excluding hydrogens is 276 g/mol. The van der Waals surface area contributed by atoms with Crippen LogP contribution in [-0.2, 0) is 0 Å². The van der Waals surface area contributed by atoms with Crippen LogP contribution >= 0.6 is 22.9 Å². The molecule has 0 unspecified atom stereocenters. The topological polar surface area (TPSA) is 72.2 Å². The number of carbonyl (C=O) groups is 1. The van der Waals surface area contributed by atoms with Gasteiger partial charge in [0.05, 0.1) is 16.2 Å². The highest BCUT2D eigenvalue weighted by molar-refractivity contribution is 7.08. The minimum absolute atomic E-state index is 0.0806. The van der Waals surface area contributed by atoms with Crippen LogP contribution in [0.1, 0.15) is 10.4 Å². The summed E-state index contributed by atoms with van der Waals surface area (Å²) in [6.07, 6.45) is 0. The average Bonchev–Trinajstić information content (AvgIpc) is 2.81. The van der Waals surface area contributed by atoms with Crippen molar-refractivity contribution in [2.24, 2.45) is 0 Å². The zero-order chi connectivity index (χ0) is 13.1. The van der Waals surface area contributed by atoms with Crippen LogP contribution in [0.3, 0.4) is 0 Å². The van der Waals surface area contributed by atoms with Crippen molar-refractivity contribution in [3.8, 4) is 0 Å². The van der Waals surface area contributed by atoms with E-state index in [-0.39, 0.29) is 16.3 Å². The van der Waals surface area contributed by atoms with Gasteiger partial charge >= 0.3 is 0 Å². The predicted octanol–water partition coefficient (Wildman–Crippen LogP) is 3.56. The molecule has 1 heterocycles. The maximum Gasteiger partial charge on any atom is 0.288 e. The van der Waals surface area contributed by atoms with E-state index in [1.165, 1.54) is 29.5 Å². The number of hydrogen-bond donors (Lipinski definition) is 1. The van der Waals surface area contributed by atoms with E-state index in [0.717, 1.165) is 0 Å². The smallest absolute Gasteiger partial charge is 0.288 e. The van der Waals surface area contributed by atoms with Crippen LogP contribution in [-0.4, -0.2) is 10.8 Å². The second kappa shape index (κ2) is 5.16. The molecular formula is C11H7ClN2O3S. The number of hydrogen-bond acceptors (Lipinski definition) is 4. The van der Waals surface area contributed by atoms with Crippen molar-refractivity contribution in [2.75, 3.05) is 5.32 Å². The Morgan fingerprint density at radius 2 is 2.17 bits per heavy atom. The van der Waals surface area contributed by atoms with Gasteiger partial charge in [0.1, 0.15) is 5.02 Å². The fraction of sp³-hybridized carbons (Fsp3) is 0. The van der Waals surface area contributed by atoms with Gasteiger partial charge in [-0.3, -0.25) is 14.9 Å². The van der Waals surface area contributed by atoms with E-state index in [2.05, 4.69) is 5.32 Å². The molecule has 0 atom stereocenters. The van der Waals surface area contributed by atoms with Gasteiger partial charge in [-0.15, -0.1) is 0 Å². The molecule has 5 nitrogen and oxygen atoms in total. The van der Waals surface area contributed by atoms with Crippen molar-refractivity contribution < 1.29 is 9.72 Å². The zero-order valence-electron chi connectivity index (χ0n) is 8.92. The highest BCUT2D eigenvalue weighted by Crippen LogP contribution is 2.28. The second-order valence-electron chi connectivity index (χ2n) is 3.36. The van der Waals surface area contributed by atoms with E-state index in [9.17, 15) is 14.9 Å². The SMILES string of the molecule is O=C(Nc1ccsc1)c1cccc([N+](=O)[O-])c1Cl. The van der Waals surface area contributed by atoms with Crippen molar-refractivity contribution in [3.63, 3.8) is 0 Å². The summed E-state index contributed by atoms with van der Waals surface area (Å²) >= 11 is 7.27. The second-order valence-corrected chi connectivity index (χ2v) is 4.52. The molecule has 0 aliphatic heterocycles. The van der Waals surface area contributed by atoms with E-state index in [1.807, 2.05) is 5.38 Å². The van der Waals surface area contributed by atoms with Crippen LogP contribution in [0.4, 0.5) is 11.4 Å². The lowest BCUT2D eigenvalue weighted by Crippen LogP contribution is -2.12. The van der Waals surface area contributed by atoms with Gasteiger partial charge in [0, 0.05) is 11.4 Å². The lowest BCUT2D eigenvalue weighted by atomic mass is 10.2. The molecule has 92 valence electrons. The lowest BCUT2D eigenvalue weighted by molar-refractivity contribution is -0.384. The first kappa shape index (κ1) is 12.5. The Labute approximate surface area is 111 Å². The van der Waals surface area contributed by atoms with Crippen LogP contribution < -0.4 is 5.32 Å². The van der Waals surface area contributed by atoms with Crippen molar-refractivity contribution in [2.45, 2.75) is 0 Å². The average molecular weight is 283 g/mol. The van der Waals surface area contributed by atoms with E-state index >= 15 is 0 Å². The van der Waals surface area contributed by atoms with Crippen LogP contribution in [0.5, 0.6) is 0 Å². The van der Waals surface area contributed by atoms with Crippen LogP contribution in [0.25, 0.3) is 0 Å². The van der Waals surface area contributed by atoms with Gasteiger partial charge in [-0.1, -0.05) is 17.7 Å². The van der Waals surface area contributed by atoms with E-state index in [4.69, 9.17) is 11.6 Å². The minimum Gasteiger partial charge on any atom is -0.321 e. The van der Waals surface area contributed by atoms with Gasteiger partial charge in [0.2, 0.25) is 0 Å². The summed E-state index contributed by atoms with van der Waals surface area (Å²) in [4.78, 5) is 22.0. The maximum atomic E-state index is 11.9. The van der Waals surface area contributed by atoms with Gasteiger partial charge in [0.25, 0.3) is 11.6 Å². The number of nitro benzene ring substituents is 1. The van der Waals surface area contributed by atoms with Crippen molar-refractivity contribution in [1.29, 1.82) is 0 Å². The van der Waals surface area contributed by atoms with Crippen molar-refractivity contribution in [1.82, 2.24) is 0 Å². The standard InChI is InChI=1S/C11H7ClN2O3S/c12-10-8(2-1-3-9(10)14(16)17)11(15)13-7-4-5-18-6-7/h1-6H,(H,13,15). The number of carbonyl (C=O) groups excluding carboxylic acids is 1. The molecule has 0 spiro atoms. The van der Waals surface area contributed by atoms with Crippen LogP contribution in [0.15, 0.2) is 35.0 Å². The third kappa shape index (κ3) is 2.49. The van der Waals surface area contributed by atoms with Gasteiger partial charge in [-0.05, 0) is 17.5 Å². The number of nitrogens with zero attached hydrogens (tertiary/aromatic N) is 1. The van der Waals surface area contributed by atoms with Gasteiger partial charge < -0.3 is 5.32 Å². The van der Waals surface area contributed by atoms with E-state index in [0.29, 0.717) is 5.69 Å². The number of thiophene rings is 1. The Kier molecular flexibility index (Phi) is 3.59. The zero-order valence-corrected chi connectivity index (χ0v) is 10.5. The molecule has 2 aromatic rings. The van der Waals surface area contributed by atoms with E-state index in [1.54, 1.807) is 11.4 Å². The number of benzene rings is 1. The highest BCUT2D eigenvalue weighted by Gasteiger charge is 2.19. The highest BCUT2D eigenvalue weighted by atomic mass is 35.5. The molecule has 0 fully saturated rings. The molecule has 2 rings (SSSR count). The number of nitrogens with one attached hydrogen (secondary N) is 1. The third-order valence-corrected chi connectivity index (χ3v) is 3.28. The summed E-state index contributed by atoms with van der Waals surface area (Å²) < 4.78 is 0. The number of nitro groups is 1. The summed E-state index contributed by atoms with van der Waals surface area (Å²) in [6, 6.07) is 5.85. The van der Waals surface area contributed by atoms with Gasteiger partial charge in [0.15, 0.2) is 0 Å². The monoisotopic (exact) mass is 282 g/mol. The molecule has 0 bridgehead atoms. The summed E-state index contributed by atoms with van der Waals surface area (Å²) in [5.74, 6) is -0.470. The number of halogens is 1. The van der Waals surface area contributed by atoms with Gasteiger partial charge in [-0.2, -0.15) is 11.3 Å². The number of rotatable bonds is 3. The Morgan fingerprint density at radius 3 is 2.78 bits per heavy atom. The first-order valence-electron chi connectivity index (χ1n) is 4.86. The Hall–Kier alpha value is -1.92. The van der Waals surface area contributed by atoms with Crippen molar-refractivity contribution in [3.05, 3.63) is 55.7 Å². The number of amides is 1. The molecule has 0 aliphatic rings. The summed E-state index contributed by atoms with van der Waals surface area (Å²) in [6.45, 7) is 0. The molecule has 7 heteroatoms. The van der Waals surface area contributed by atoms with Crippen LogP contribution in [0.2, 0.25) is 5.02 Å². The minimum atomic E-state index is -0.621. The fourth-order valence-corrected chi connectivity index (χ4v) is 2.24. The molecule has 1 N–H and O–H groups in total. The molecule has 1 amide bonds. The molecule has 0 saturated carbocycles. The largest absolute Gasteiger partial charge is 0.321 e. The Bertz CT molecular complexity index is 598. The number of anilines is 1.